The van der Waals surface area contributed by atoms with Gasteiger partial charge in [-0.2, -0.15) is 0 Å². The second kappa shape index (κ2) is 7.98. The number of hydrogen-bond donors (Lipinski definition) is 0. The summed E-state index contributed by atoms with van der Waals surface area (Å²) in [7, 11) is 0. The van der Waals surface area contributed by atoms with Gasteiger partial charge in [0.2, 0.25) is 0 Å². The first-order chi connectivity index (χ1) is 14.9. The molecule has 2 aliphatic heterocycles. The molecule has 1 amide bonds. The van der Waals surface area contributed by atoms with Crippen LogP contribution in [0.4, 0.5) is 4.79 Å². The SMILES string of the molecule is CC(C)(C)OC(=O)N(C1CC1c1ccccc1)C1C2C[C@H]1CN(Cc1ccccc1)C2. The van der Waals surface area contributed by atoms with Gasteiger partial charge in [0, 0.05) is 37.6 Å². The van der Waals surface area contributed by atoms with Crippen LogP contribution in [0, 0.1) is 11.8 Å². The maximum atomic E-state index is 13.3. The van der Waals surface area contributed by atoms with Crippen molar-refractivity contribution in [2.45, 2.75) is 63.8 Å². The van der Waals surface area contributed by atoms with E-state index in [-0.39, 0.29) is 12.1 Å². The van der Waals surface area contributed by atoms with Crippen molar-refractivity contribution in [3.05, 3.63) is 71.8 Å². The van der Waals surface area contributed by atoms with Gasteiger partial charge >= 0.3 is 6.09 Å². The molecule has 2 bridgehead atoms. The zero-order chi connectivity index (χ0) is 21.6. The molecule has 164 valence electrons. The highest BCUT2D eigenvalue weighted by atomic mass is 16.6. The summed E-state index contributed by atoms with van der Waals surface area (Å²) in [6.45, 7) is 9.04. The molecule has 0 aromatic heterocycles. The van der Waals surface area contributed by atoms with Crippen LogP contribution in [0.25, 0.3) is 0 Å². The van der Waals surface area contributed by atoms with E-state index in [0.29, 0.717) is 23.8 Å². The molecular weight excluding hydrogens is 384 g/mol. The summed E-state index contributed by atoms with van der Waals surface area (Å²) in [4.78, 5) is 18.1. The molecule has 0 N–H and O–H groups in total. The predicted octanol–water partition coefficient (Wildman–Crippen LogP) is 5.30. The number of benzene rings is 2. The summed E-state index contributed by atoms with van der Waals surface area (Å²) < 4.78 is 5.90. The minimum atomic E-state index is -0.468. The molecule has 0 spiro atoms. The third-order valence-electron chi connectivity index (χ3n) is 7.07. The summed E-state index contributed by atoms with van der Waals surface area (Å²) >= 11 is 0. The Hall–Kier alpha value is -2.33. The molecule has 4 heteroatoms. The van der Waals surface area contributed by atoms with E-state index in [0.717, 1.165) is 26.1 Å². The summed E-state index contributed by atoms with van der Waals surface area (Å²) in [6, 6.07) is 22.0. The second-order valence-electron chi connectivity index (χ2n) is 10.6. The number of carbonyl (C=O) groups excluding carboxylic acids is 1. The Labute approximate surface area is 186 Å². The maximum absolute atomic E-state index is 13.3. The Morgan fingerprint density at radius 1 is 0.968 bits per heavy atom. The van der Waals surface area contributed by atoms with Gasteiger partial charge in [0.1, 0.15) is 5.60 Å². The molecule has 4 unspecified atom stereocenters. The number of amides is 1. The summed E-state index contributed by atoms with van der Waals surface area (Å²) in [6.07, 6.45) is 2.16. The first-order valence-corrected chi connectivity index (χ1v) is 11.7. The minimum absolute atomic E-state index is 0.118. The van der Waals surface area contributed by atoms with Crippen molar-refractivity contribution in [2.75, 3.05) is 13.1 Å². The number of ether oxygens (including phenoxy) is 1. The van der Waals surface area contributed by atoms with Crippen LogP contribution in [0.2, 0.25) is 0 Å². The first-order valence-electron chi connectivity index (χ1n) is 11.7. The van der Waals surface area contributed by atoms with Crippen LogP contribution >= 0.6 is 0 Å². The maximum Gasteiger partial charge on any atom is 0.410 e. The van der Waals surface area contributed by atoms with E-state index < -0.39 is 5.60 Å². The molecule has 2 aromatic carbocycles. The molecular formula is C27H34N2O2. The Morgan fingerprint density at radius 2 is 1.58 bits per heavy atom. The fourth-order valence-electron chi connectivity index (χ4n) is 5.72. The molecule has 2 saturated carbocycles. The summed E-state index contributed by atoms with van der Waals surface area (Å²) in [5, 5.41) is 0. The number of fused-ring (bicyclic) bond motifs is 2. The van der Waals surface area contributed by atoms with Crippen molar-refractivity contribution in [1.82, 2.24) is 9.80 Å². The Bertz CT molecular complexity index is 896. The predicted molar refractivity (Wildman–Crippen MR) is 123 cm³/mol. The lowest BCUT2D eigenvalue weighted by atomic mass is 9.65. The van der Waals surface area contributed by atoms with Crippen LogP contribution in [-0.2, 0) is 11.3 Å². The highest BCUT2D eigenvalue weighted by molar-refractivity contribution is 5.70. The van der Waals surface area contributed by atoms with E-state index in [1.54, 1.807) is 0 Å². The van der Waals surface area contributed by atoms with E-state index in [4.69, 9.17) is 4.74 Å². The van der Waals surface area contributed by atoms with E-state index >= 15 is 0 Å². The van der Waals surface area contributed by atoms with Gasteiger partial charge in [0.15, 0.2) is 0 Å². The summed E-state index contributed by atoms with van der Waals surface area (Å²) in [5.41, 5.74) is 2.25. The largest absolute Gasteiger partial charge is 0.444 e. The molecule has 0 radical (unpaired) electrons. The minimum Gasteiger partial charge on any atom is -0.444 e. The van der Waals surface area contributed by atoms with Crippen LogP contribution in [0.1, 0.15) is 50.7 Å². The molecule has 2 heterocycles. The van der Waals surface area contributed by atoms with E-state index in [1.165, 1.54) is 17.5 Å². The number of hydrogen-bond acceptors (Lipinski definition) is 3. The monoisotopic (exact) mass is 418 g/mol. The van der Waals surface area contributed by atoms with Crippen molar-refractivity contribution >= 4 is 6.09 Å². The van der Waals surface area contributed by atoms with Gasteiger partial charge in [0.25, 0.3) is 0 Å². The second-order valence-corrected chi connectivity index (χ2v) is 10.6. The van der Waals surface area contributed by atoms with Crippen molar-refractivity contribution in [2.24, 2.45) is 11.8 Å². The normalized spacial score (nSPS) is 29.7. The van der Waals surface area contributed by atoms with Crippen LogP contribution in [0.15, 0.2) is 60.7 Å². The van der Waals surface area contributed by atoms with Gasteiger partial charge in [-0.25, -0.2) is 4.79 Å². The molecule has 4 fully saturated rings. The fraction of sp³-hybridized carbons (Fsp3) is 0.519. The van der Waals surface area contributed by atoms with Crippen molar-refractivity contribution in [1.29, 1.82) is 0 Å². The van der Waals surface area contributed by atoms with Crippen molar-refractivity contribution < 1.29 is 9.53 Å². The highest BCUT2D eigenvalue weighted by Gasteiger charge is 2.57. The average Bonchev–Trinajstić information content (AvgIpc) is 3.52. The molecule has 2 aromatic rings. The molecule has 31 heavy (non-hydrogen) atoms. The Morgan fingerprint density at radius 3 is 2.19 bits per heavy atom. The fourth-order valence-corrected chi connectivity index (χ4v) is 5.72. The first kappa shape index (κ1) is 20.6. The van der Waals surface area contributed by atoms with Gasteiger partial charge < -0.3 is 9.64 Å². The summed E-state index contributed by atoms with van der Waals surface area (Å²) in [5.74, 6) is 1.54. The Balaban J connectivity index is 1.31. The van der Waals surface area contributed by atoms with E-state index in [9.17, 15) is 4.79 Å². The zero-order valence-electron chi connectivity index (χ0n) is 18.9. The van der Waals surface area contributed by atoms with Crippen LogP contribution in [0.3, 0.4) is 0 Å². The van der Waals surface area contributed by atoms with E-state index in [1.807, 2.05) is 20.8 Å². The van der Waals surface area contributed by atoms with Gasteiger partial charge in [-0.1, -0.05) is 60.7 Å². The molecule has 5 atom stereocenters. The van der Waals surface area contributed by atoms with Crippen molar-refractivity contribution in [3.63, 3.8) is 0 Å². The van der Waals surface area contributed by atoms with Crippen LogP contribution in [-0.4, -0.2) is 46.7 Å². The Kier molecular flexibility index (Phi) is 5.29. The van der Waals surface area contributed by atoms with Crippen molar-refractivity contribution in [3.8, 4) is 0 Å². The highest BCUT2D eigenvalue weighted by Crippen LogP contribution is 2.52. The number of piperidine rings is 2. The third kappa shape index (κ3) is 4.36. The molecule has 6 rings (SSSR count). The van der Waals surface area contributed by atoms with Crippen LogP contribution < -0.4 is 0 Å². The average molecular weight is 419 g/mol. The topological polar surface area (TPSA) is 32.8 Å². The lowest BCUT2D eigenvalue weighted by Crippen LogP contribution is -2.66. The number of carbonyl (C=O) groups is 1. The third-order valence-corrected chi connectivity index (χ3v) is 7.07. The standard InChI is InChI=1S/C27H34N2O2/c1-27(2,3)31-26(30)29(24-15-23(24)20-12-8-5-9-13-20)25-21-14-22(25)18-28(17-21)16-19-10-6-4-7-11-19/h4-13,21-25H,14-18H2,1-3H3/t21-,22?,23?,24?,25?/m0/s1. The van der Waals surface area contributed by atoms with Gasteiger partial charge in [-0.15, -0.1) is 0 Å². The molecule has 4 aliphatic rings. The smallest absolute Gasteiger partial charge is 0.410 e. The quantitative estimate of drug-likeness (QED) is 0.660. The van der Waals surface area contributed by atoms with E-state index in [2.05, 4.69) is 70.5 Å². The zero-order valence-corrected chi connectivity index (χ0v) is 18.9. The number of rotatable bonds is 5. The molecule has 4 nitrogen and oxygen atoms in total. The molecule has 2 saturated heterocycles. The van der Waals surface area contributed by atoms with Gasteiger partial charge in [0.05, 0.1) is 0 Å². The van der Waals surface area contributed by atoms with Gasteiger partial charge in [-0.3, -0.25) is 4.90 Å². The number of nitrogens with zero attached hydrogens (tertiary/aromatic N) is 2. The molecule has 2 aliphatic carbocycles. The lowest BCUT2D eigenvalue weighted by Gasteiger charge is -2.57. The lowest BCUT2D eigenvalue weighted by molar-refractivity contribution is -0.0851. The van der Waals surface area contributed by atoms with Crippen LogP contribution in [0.5, 0.6) is 0 Å². The van der Waals surface area contributed by atoms with Gasteiger partial charge in [-0.05, 0) is 56.6 Å².